The summed E-state index contributed by atoms with van der Waals surface area (Å²) in [6, 6.07) is 4.20. The lowest BCUT2D eigenvalue weighted by Crippen LogP contribution is -2.21. The van der Waals surface area contributed by atoms with E-state index in [0.29, 0.717) is 47.4 Å². The molecule has 0 amide bonds. The average Bonchev–Trinajstić information content (AvgIpc) is 3.30. The lowest BCUT2D eigenvalue weighted by Gasteiger charge is -2.11. The number of H-pyrrole nitrogens is 1. The van der Waals surface area contributed by atoms with Gasteiger partial charge >= 0.3 is 5.69 Å². The summed E-state index contributed by atoms with van der Waals surface area (Å²) < 4.78 is 16.8. The molecule has 2 N–H and O–H groups in total. The van der Waals surface area contributed by atoms with Crippen LogP contribution >= 0.6 is 0 Å². The highest BCUT2D eigenvalue weighted by atomic mass is 19.1. The molecule has 0 bridgehead atoms. The largest absolute Gasteiger partial charge is 0.393 e. The third kappa shape index (κ3) is 2.24. The Morgan fingerprint density at radius 1 is 1.27 bits per heavy atom. The van der Waals surface area contributed by atoms with E-state index in [1.807, 2.05) is 0 Å². The molecule has 1 fully saturated rings. The summed E-state index contributed by atoms with van der Waals surface area (Å²) >= 11 is 0. The standard InChI is InChI=1S/C17H15FN6O2/c18-9-1-4-12-14(5-9)23(8-20-12)16-19-7-13-15(22-16)24(17(26)21-13)10-2-3-11(25)6-10/h1,4-5,7-8,10-11,25H,2-3,6H2,(H,21,26)/t10?,11-/m1/s1. The van der Waals surface area contributed by atoms with Gasteiger partial charge in [0.05, 0.1) is 23.3 Å². The molecular formula is C17H15FN6O2. The number of hydrogen-bond donors (Lipinski definition) is 2. The molecule has 132 valence electrons. The molecule has 1 aromatic carbocycles. The molecule has 0 spiro atoms. The molecule has 1 saturated carbocycles. The van der Waals surface area contributed by atoms with Crippen molar-refractivity contribution < 1.29 is 9.50 Å². The fourth-order valence-corrected chi connectivity index (χ4v) is 3.67. The van der Waals surface area contributed by atoms with Gasteiger partial charge in [0, 0.05) is 12.1 Å². The van der Waals surface area contributed by atoms with Crippen LogP contribution in [0.5, 0.6) is 0 Å². The maximum absolute atomic E-state index is 13.6. The van der Waals surface area contributed by atoms with Crippen molar-refractivity contribution in [1.29, 1.82) is 0 Å². The van der Waals surface area contributed by atoms with E-state index >= 15 is 0 Å². The first-order chi connectivity index (χ1) is 12.6. The van der Waals surface area contributed by atoms with Crippen LogP contribution in [0.3, 0.4) is 0 Å². The first-order valence-corrected chi connectivity index (χ1v) is 8.38. The Bertz CT molecular complexity index is 1190. The maximum atomic E-state index is 13.6. The number of nitrogens with one attached hydrogen (secondary N) is 1. The first kappa shape index (κ1) is 15.2. The van der Waals surface area contributed by atoms with E-state index < -0.39 is 6.10 Å². The van der Waals surface area contributed by atoms with Gasteiger partial charge in [0.15, 0.2) is 5.65 Å². The van der Waals surface area contributed by atoms with Crippen molar-refractivity contribution in [2.75, 3.05) is 0 Å². The highest BCUT2D eigenvalue weighted by Crippen LogP contribution is 2.30. The fraction of sp³-hybridized carbons (Fsp3) is 0.294. The van der Waals surface area contributed by atoms with Crippen LogP contribution < -0.4 is 5.69 Å². The number of hydrogen-bond acceptors (Lipinski definition) is 5. The van der Waals surface area contributed by atoms with E-state index in [0.717, 1.165) is 0 Å². The van der Waals surface area contributed by atoms with Gasteiger partial charge < -0.3 is 10.1 Å². The number of rotatable bonds is 2. The van der Waals surface area contributed by atoms with Crippen LogP contribution in [0.2, 0.25) is 0 Å². The van der Waals surface area contributed by atoms with E-state index in [-0.39, 0.29) is 17.5 Å². The summed E-state index contributed by atoms with van der Waals surface area (Å²) in [4.78, 5) is 28.2. The van der Waals surface area contributed by atoms with Gasteiger partial charge in [-0.2, -0.15) is 4.98 Å². The van der Waals surface area contributed by atoms with Crippen molar-refractivity contribution in [1.82, 2.24) is 29.1 Å². The summed E-state index contributed by atoms with van der Waals surface area (Å²) in [5, 5.41) is 9.80. The Balaban J connectivity index is 1.70. The van der Waals surface area contributed by atoms with Crippen LogP contribution in [0.25, 0.3) is 28.1 Å². The second-order valence-corrected chi connectivity index (χ2v) is 6.58. The van der Waals surface area contributed by atoms with E-state index in [2.05, 4.69) is 19.9 Å². The predicted octanol–water partition coefficient (Wildman–Crippen LogP) is 1.68. The number of halogens is 1. The first-order valence-electron chi connectivity index (χ1n) is 8.38. The Morgan fingerprint density at radius 2 is 2.15 bits per heavy atom. The van der Waals surface area contributed by atoms with Crippen LogP contribution in [0.15, 0.2) is 35.5 Å². The number of nitrogens with zero attached hydrogens (tertiary/aromatic N) is 5. The Kier molecular flexibility index (Phi) is 3.20. The Hall–Kier alpha value is -3.07. The van der Waals surface area contributed by atoms with Gasteiger partial charge in [-0.3, -0.25) is 9.13 Å². The zero-order valence-electron chi connectivity index (χ0n) is 13.6. The van der Waals surface area contributed by atoms with Crippen LogP contribution in [-0.4, -0.2) is 40.3 Å². The molecule has 1 aliphatic rings. The van der Waals surface area contributed by atoms with Gasteiger partial charge in [0.1, 0.15) is 17.7 Å². The third-order valence-electron chi connectivity index (χ3n) is 4.91. The molecule has 8 nitrogen and oxygen atoms in total. The lowest BCUT2D eigenvalue weighted by molar-refractivity contribution is 0.178. The third-order valence-corrected chi connectivity index (χ3v) is 4.91. The fourth-order valence-electron chi connectivity index (χ4n) is 3.67. The monoisotopic (exact) mass is 354 g/mol. The molecule has 0 aliphatic heterocycles. The van der Waals surface area contributed by atoms with Crippen molar-refractivity contribution in [3.8, 4) is 5.95 Å². The molecule has 4 aromatic rings. The normalized spacial score (nSPS) is 20.4. The smallest absolute Gasteiger partial charge is 0.327 e. The molecule has 1 aliphatic carbocycles. The number of aromatic amines is 1. The number of aliphatic hydroxyl groups is 1. The summed E-state index contributed by atoms with van der Waals surface area (Å²) in [5.41, 5.74) is 1.89. The van der Waals surface area contributed by atoms with Crippen LogP contribution in [0.4, 0.5) is 4.39 Å². The second kappa shape index (κ2) is 5.46. The molecule has 2 atom stereocenters. The highest BCUT2D eigenvalue weighted by molar-refractivity contribution is 5.77. The zero-order chi connectivity index (χ0) is 17.8. The minimum atomic E-state index is -0.404. The highest BCUT2D eigenvalue weighted by Gasteiger charge is 2.27. The minimum absolute atomic E-state index is 0.106. The van der Waals surface area contributed by atoms with Crippen molar-refractivity contribution in [2.45, 2.75) is 31.4 Å². The van der Waals surface area contributed by atoms with E-state index in [4.69, 9.17) is 0 Å². The van der Waals surface area contributed by atoms with Gasteiger partial charge in [-0.15, -0.1) is 0 Å². The SMILES string of the molecule is O=c1[nH]c2cnc(-n3cnc4ccc(F)cc43)nc2n1C1CC[C@@H](O)C1. The zero-order valence-corrected chi connectivity index (χ0v) is 13.6. The number of aromatic nitrogens is 6. The number of benzene rings is 1. The molecule has 5 rings (SSSR count). The molecule has 0 radical (unpaired) electrons. The van der Waals surface area contributed by atoms with Gasteiger partial charge in [-0.05, 0) is 31.4 Å². The maximum Gasteiger partial charge on any atom is 0.327 e. The summed E-state index contributed by atoms with van der Waals surface area (Å²) in [5.74, 6) is -0.0734. The number of imidazole rings is 2. The summed E-state index contributed by atoms with van der Waals surface area (Å²) in [6.45, 7) is 0. The molecular weight excluding hydrogens is 339 g/mol. The molecule has 1 unspecified atom stereocenters. The van der Waals surface area contributed by atoms with Crippen LogP contribution in [0.1, 0.15) is 25.3 Å². The molecule has 3 heterocycles. The molecule has 9 heteroatoms. The lowest BCUT2D eigenvalue weighted by atomic mass is 10.2. The van der Waals surface area contributed by atoms with Gasteiger partial charge in [0.25, 0.3) is 0 Å². The number of fused-ring (bicyclic) bond motifs is 2. The summed E-state index contributed by atoms with van der Waals surface area (Å²) in [6.07, 6.45) is 4.55. The van der Waals surface area contributed by atoms with Crippen molar-refractivity contribution in [2.24, 2.45) is 0 Å². The quantitative estimate of drug-likeness (QED) is 0.570. The van der Waals surface area contributed by atoms with E-state index in [9.17, 15) is 14.3 Å². The average molecular weight is 354 g/mol. The summed E-state index contributed by atoms with van der Waals surface area (Å²) in [7, 11) is 0. The van der Waals surface area contributed by atoms with Gasteiger partial charge in [-0.1, -0.05) is 0 Å². The topological polar surface area (TPSA) is 102 Å². The Labute approximate surface area is 146 Å². The van der Waals surface area contributed by atoms with Crippen molar-refractivity contribution >= 4 is 22.2 Å². The predicted molar refractivity (Wildman–Crippen MR) is 91.6 cm³/mol. The molecule has 0 saturated heterocycles. The van der Waals surface area contributed by atoms with Gasteiger partial charge in [-0.25, -0.2) is 19.2 Å². The van der Waals surface area contributed by atoms with Crippen molar-refractivity contribution in [3.63, 3.8) is 0 Å². The molecule has 3 aromatic heterocycles. The van der Waals surface area contributed by atoms with Gasteiger partial charge in [0.2, 0.25) is 5.95 Å². The van der Waals surface area contributed by atoms with Crippen LogP contribution in [-0.2, 0) is 0 Å². The number of aliphatic hydroxyl groups excluding tert-OH is 1. The minimum Gasteiger partial charge on any atom is -0.393 e. The van der Waals surface area contributed by atoms with Crippen molar-refractivity contribution in [3.05, 3.63) is 47.0 Å². The molecule has 26 heavy (non-hydrogen) atoms. The van der Waals surface area contributed by atoms with Crippen LogP contribution in [0, 0.1) is 5.82 Å². The van der Waals surface area contributed by atoms with E-state index in [1.54, 1.807) is 15.2 Å². The second-order valence-electron chi connectivity index (χ2n) is 6.58. The van der Waals surface area contributed by atoms with E-state index in [1.165, 1.54) is 24.7 Å². The Morgan fingerprint density at radius 3 is 2.96 bits per heavy atom.